The fourth-order valence-corrected chi connectivity index (χ4v) is 3.24. The summed E-state index contributed by atoms with van der Waals surface area (Å²) in [5.74, 6) is -0.0242. The molecule has 0 radical (unpaired) electrons. The van der Waals surface area contributed by atoms with Crippen LogP contribution < -0.4 is 10.6 Å². The van der Waals surface area contributed by atoms with Crippen molar-refractivity contribution >= 4 is 42.1 Å². The summed E-state index contributed by atoms with van der Waals surface area (Å²) in [6.45, 7) is 3.69. The number of nitrogens with one attached hydrogen (secondary N) is 2. The topological polar surface area (TPSA) is 71.8 Å². The van der Waals surface area contributed by atoms with Gasteiger partial charge < -0.3 is 10.6 Å². The summed E-state index contributed by atoms with van der Waals surface area (Å²) in [6, 6.07) is 0.228. The highest BCUT2D eigenvalue weighted by atomic mass is 35.5. The summed E-state index contributed by atoms with van der Waals surface area (Å²) in [6.07, 6.45) is 4.65. The summed E-state index contributed by atoms with van der Waals surface area (Å²) in [5, 5.41) is 11.3. The molecule has 0 bridgehead atoms. The van der Waals surface area contributed by atoms with E-state index in [-0.39, 0.29) is 36.8 Å². The maximum Gasteiger partial charge on any atom is 0.263 e. The molecule has 1 fully saturated rings. The van der Waals surface area contributed by atoms with Crippen LogP contribution in [0.15, 0.2) is 12.4 Å². The van der Waals surface area contributed by atoms with Crippen molar-refractivity contribution in [3.63, 3.8) is 0 Å². The number of carbonyl (C=O) groups excluding carboxylic acids is 1. The smallest absolute Gasteiger partial charge is 0.263 e. The van der Waals surface area contributed by atoms with Gasteiger partial charge in [-0.05, 0) is 19.9 Å². The van der Waals surface area contributed by atoms with Gasteiger partial charge in [0.2, 0.25) is 0 Å². The van der Waals surface area contributed by atoms with E-state index in [1.807, 2.05) is 20.2 Å². The van der Waals surface area contributed by atoms with Crippen molar-refractivity contribution < 1.29 is 4.79 Å². The van der Waals surface area contributed by atoms with Crippen LogP contribution >= 0.6 is 36.2 Å². The Morgan fingerprint density at radius 3 is 2.86 bits per heavy atom. The molecule has 122 valence electrons. The standard InChI is InChI=1S/C13H17N5OS.2ClH/c1-8-11(12(19)17-10-3-4-14-6-10)20-13(16-8)9-5-15-18(2)7-9;;/h5,7,10,14H,3-4,6H2,1-2H3,(H,17,19);2*1H. The Labute approximate surface area is 145 Å². The van der Waals surface area contributed by atoms with Gasteiger partial charge >= 0.3 is 0 Å². The van der Waals surface area contributed by atoms with Gasteiger partial charge in [-0.25, -0.2) is 4.98 Å². The Morgan fingerprint density at radius 2 is 2.27 bits per heavy atom. The van der Waals surface area contributed by atoms with Crippen LogP contribution in [-0.2, 0) is 7.05 Å². The second-order valence-electron chi connectivity index (χ2n) is 5.00. The monoisotopic (exact) mass is 363 g/mol. The summed E-state index contributed by atoms with van der Waals surface area (Å²) >= 11 is 1.42. The number of amides is 1. The molecule has 1 saturated heterocycles. The van der Waals surface area contributed by atoms with Crippen LogP contribution in [0.4, 0.5) is 0 Å². The minimum atomic E-state index is -0.0242. The van der Waals surface area contributed by atoms with E-state index in [4.69, 9.17) is 0 Å². The van der Waals surface area contributed by atoms with Gasteiger partial charge in [0, 0.05) is 31.4 Å². The number of hydrogen-bond donors (Lipinski definition) is 2. The third kappa shape index (κ3) is 3.98. The van der Waals surface area contributed by atoms with Crippen molar-refractivity contribution in [1.29, 1.82) is 0 Å². The molecule has 3 heterocycles. The lowest BCUT2D eigenvalue weighted by atomic mass is 10.2. The van der Waals surface area contributed by atoms with Crippen LogP contribution in [0.2, 0.25) is 0 Å². The van der Waals surface area contributed by atoms with Crippen LogP contribution in [0.3, 0.4) is 0 Å². The summed E-state index contributed by atoms with van der Waals surface area (Å²) in [5.41, 5.74) is 1.72. The molecule has 2 N–H and O–H groups in total. The Balaban J connectivity index is 0.00000121. The van der Waals surface area contributed by atoms with E-state index in [2.05, 4.69) is 20.7 Å². The van der Waals surface area contributed by atoms with E-state index in [0.29, 0.717) is 4.88 Å². The first-order valence-electron chi connectivity index (χ1n) is 6.61. The molecule has 0 aromatic carbocycles. The quantitative estimate of drug-likeness (QED) is 0.871. The van der Waals surface area contributed by atoms with Crippen molar-refractivity contribution in [2.24, 2.45) is 7.05 Å². The number of thiazole rings is 1. The minimum absolute atomic E-state index is 0. The highest BCUT2D eigenvalue weighted by Crippen LogP contribution is 2.27. The molecule has 1 atom stereocenters. The molecule has 2 aromatic heterocycles. The van der Waals surface area contributed by atoms with Gasteiger partial charge in [-0.1, -0.05) is 0 Å². The first-order chi connectivity index (χ1) is 9.63. The Bertz CT molecular complexity index is 636. The number of aryl methyl sites for hydroxylation is 2. The molecule has 6 nitrogen and oxygen atoms in total. The maximum absolute atomic E-state index is 12.3. The average Bonchev–Trinajstić information content (AvgIpc) is 3.10. The molecular formula is C13H19Cl2N5OS. The zero-order valence-electron chi connectivity index (χ0n) is 12.3. The molecule has 3 rings (SSSR count). The van der Waals surface area contributed by atoms with Gasteiger partial charge in [0.15, 0.2) is 0 Å². The van der Waals surface area contributed by atoms with Crippen LogP contribution in [0.25, 0.3) is 10.6 Å². The lowest BCUT2D eigenvalue weighted by Crippen LogP contribution is -2.36. The SMILES string of the molecule is Cc1nc(-c2cnn(C)c2)sc1C(=O)NC1CCNC1.Cl.Cl. The predicted octanol–water partition coefficient (Wildman–Crippen LogP) is 1.79. The summed E-state index contributed by atoms with van der Waals surface area (Å²) < 4.78 is 1.73. The van der Waals surface area contributed by atoms with E-state index >= 15 is 0 Å². The zero-order valence-corrected chi connectivity index (χ0v) is 14.8. The minimum Gasteiger partial charge on any atom is -0.347 e. The summed E-state index contributed by atoms with van der Waals surface area (Å²) in [4.78, 5) is 17.5. The van der Waals surface area contributed by atoms with E-state index in [1.54, 1.807) is 10.9 Å². The number of halogens is 2. The van der Waals surface area contributed by atoms with Gasteiger partial charge in [-0.15, -0.1) is 36.2 Å². The molecule has 1 aliphatic heterocycles. The zero-order chi connectivity index (χ0) is 14.1. The number of nitrogens with zero attached hydrogens (tertiary/aromatic N) is 3. The molecule has 9 heteroatoms. The van der Waals surface area contributed by atoms with Crippen molar-refractivity contribution in [3.8, 4) is 10.6 Å². The second-order valence-corrected chi connectivity index (χ2v) is 6.00. The molecule has 1 amide bonds. The van der Waals surface area contributed by atoms with E-state index in [1.165, 1.54) is 11.3 Å². The molecule has 0 saturated carbocycles. The molecule has 2 aromatic rings. The number of aromatic nitrogens is 3. The van der Waals surface area contributed by atoms with Crippen molar-refractivity contribution in [2.45, 2.75) is 19.4 Å². The van der Waals surface area contributed by atoms with Gasteiger partial charge in [0.25, 0.3) is 5.91 Å². The fraction of sp³-hybridized carbons (Fsp3) is 0.462. The molecule has 1 aliphatic rings. The molecule has 22 heavy (non-hydrogen) atoms. The largest absolute Gasteiger partial charge is 0.347 e. The fourth-order valence-electron chi connectivity index (χ4n) is 2.29. The highest BCUT2D eigenvalue weighted by molar-refractivity contribution is 7.17. The predicted molar refractivity (Wildman–Crippen MR) is 92.3 cm³/mol. The second kappa shape index (κ2) is 7.92. The lowest BCUT2D eigenvalue weighted by molar-refractivity contribution is 0.0943. The third-order valence-electron chi connectivity index (χ3n) is 3.35. The maximum atomic E-state index is 12.3. The summed E-state index contributed by atoms with van der Waals surface area (Å²) in [7, 11) is 1.87. The molecule has 1 unspecified atom stereocenters. The first kappa shape index (κ1) is 18.9. The van der Waals surface area contributed by atoms with Gasteiger partial charge in [0.05, 0.1) is 11.9 Å². The Kier molecular flexibility index (Phi) is 6.80. The average molecular weight is 364 g/mol. The third-order valence-corrected chi connectivity index (χ3v) is 4.56. The molecule has 0 spiro atoms. The molecular weight excluding hydrogens is 345 g/mol. The first-order valence-corrected chi connectivity index (χ1v) is 7.43. The van der Waals surface area contributed by atoms with Gasteiger partial charge in [0.1, 0.15) is 9.88 Å². The van der Waals surface area contributed by atoms with Crippen LogP contribution in [0.5, 0.6) is 0 Å². The van der Waals surface area contributed by atoms with E-state index in [9.17, 15) is 4.79 Å². The van der Waals surface area contributed by atoms with Crippen molar-refractivity contribution in [1.82, 2.24) is 25.4 Å². The van der Waals surface area contributed by atoms with Crippen molar-refractivity contribution in [3.05, 3.63) is 23.0 Å². The number of rotatable bonds is 3. The van der Waals surface area contributed by atoms with Crippen LogP contribution in [0.1, 0.15) is 21.8 Å². The molecule has 0 aliphatic carbocycles. The highest BCUT2D eigenvalue weighted by Gasteiger charge is 2.21. The van der Waals surface area contributed by atoms with Gasteiger partial charge in [-0.3, -0.25) is 9.48 Å². The van der Waals surface area contributed by atoms with E-state index < -0.39 is 0 Å². The van der Waals surface area contributed by atoms with Crippen LogP contribution in [0, 0.1) is 6.92 Å². The van der Waals surface area contributed by atoms with Gasteiger partial charge in [-0.2, -0.15) is 5.10 Å². The normalized spacial score (nSPS) is 16.7. The number of hydrogen-bond acceptors (Lipinski definition) is 5. The van der Waals surface area contributed by atoms with Crippen molar-refractivity contribution in [2.75, 3.05) is 13.1 Å². The number of carbonyl (C=O) groups is 1. The lowest BCUT2D eigenvalue weighted by Gasteiger charge is -2.09. The van der Waals surface area contributed by atoms with Crippen LogP contribution in [-0.4, -0.2) is 39.8 Å². The Morgan fingerprint density at radius 1 is 1.50 bits per heavy atom. The Hall–Kier alpha value is -1.15. The van der Waals surface area contributed by atoms with E-state index in [0.717, 1.165) is 35.8 Å².